The van der Waals surface area contributed by atoms with Crippen LogP contribution in [0.1, 0.15) is 19.4 Å². The van der Waals surface area contributed by atoms with Crippen LogP contribution in [-0.4, -0.2) is 9.49 Å². The van der Waals surface area contributed by atoms with Crippen molar-refractivity contribution >= 4 is 11.4 Å². The molecule has 0 radical (unpaired) electrons. The number of aromatic nitrogens is 1. The quantitative estimate of drug-likeness (QED) is 0.620. The van der Waals surface area contributed by atoms with Crippen LogP contribution >= 0.6 is 0 Å². The fraction of sp³-hybridized carbons (Fsp3) is 0.500. The predicted molar refractivity (Wildman–Crippen MR) is 61.3 cm³/mol. The van der Waals surface area contributed by atoms with Gasteiger partial charge in [-0.1, -0.05) is 13.8 Å². The summed E-state index contributed by atoms with van der Waals surface area (Å²) in [5.41, 5.74) is 5.27. The molecular formula is C10H15N3O3. The van der Waals surface area contributed by atoms with E-state index in [1.807, 2.05) is 13.8 Å². The molecule has 2 N–H and O–H groups in total. The van der Waals surface area contributed by atoms with Crippen molar-refractivity contribution in [3.8, 4) is 0 Å². The SMILES string of the molecule is Cc1c([N+](=O)[O-])cn(CC(C)C)c(=O)c1N. The summed E-state index contributed by atoms with van der Waals surface area (Å²) in [5, 5.41) is 10.8. The molecule has 0 bridgehead atoms. The van der Waals surface area contributed by atoms with E-state index in [1.54, 1.807) is 0 Å². The maximum atomic E-state index is 11.7. The van der Waals surface area contributed by atoms with E-state index in [0.717, 1.165) is 0 Å². The van der Waals surface area contributed by atoms with Crippen molar-refractivity contribution < 1.29 is 4.92 Å². The van der Waals surface area contributed by atoms with Crippen molar-refractivity contribution in [2.24, 2.45) is 5.92 Å². The van der Waals surface area contributed by atoms with Crippen LogP contribution in [0.2, 0.25) is 0 Å². The molecule has 6 heteroatoms. The molecule has 0 saturated carbocycles. The molecule has 0 saturated heterocycles. The molecule has 1 rings (SSSR count). The Balaban J connectivity index is 3.41. The first-order valence-corrected chi connectivity index (χ1v) is 4.98. The first-order chi connectivity index (χ1) is 7.34. The third-order valence-corrected chi connectivity index (χ3v) is 2.32. The summed E-state index contributed by atoms with van der Waals surface area (Å²) in [7, 11) is 0. The molecule has 6 nitrogen and oxygen atoms in total. The Kier molecular flexibility index (Phi) is 3.31. The molecule has 1 aromatic rings. The molecular weight excluding hydrogens is 210 g/mol. The van der Waals surface area contributed by atoms with E-state index in [1.165, 1.54) is 17.7 Å². The van der Waals surface area contributed by atoms with Gasteiger partial charge in [-0.2, -0.15) is 0 Å². The van der Waals surface area contributed by atoms with E-state index in [0.29, 0.717) is 6.54 Å². The van der Waals surface area contributed by atoms with Crippen LogP contribution in [0.4, 0.5) is 11.4 Å². The van der Waals surface area contributed by atoms with E-state index in [9.17, 15) is 14.9 Å². The maximum absolute atomic E-state index is 11.7. The molecule has 16 heavy (non-hydrogen) atoms. The summed E-state index contributed by atoms with van der Waals surface area (Å²) < 4.78 is 1.30. The average Bonchev–Trinajstić information content (AvgIpc) is 2.18. The number of hydrogen-bond acceptors (Lipinski definition) is 4. The fourth-order valence-electron chi connectivity index (χ4n) is 1.47. The zero-order valence-corrected chi connectivity index (χ0v) is 9.56. The largest absolute Gasteiger partial charge is 0.394 e. The summed E-state index contributed by atoms with van der Waals surface area (Å²) in [4.78, 5) is 21.9. The molecule has 88 valence electrons. The van der Waals surface area contributed by atoms with E-state index in [-0.39, 0.29) is 28.4 Å². The zero-order chi connectivity index (χ0) is 12.5. The zero-order valence-electron chi connectivity index (χ0n) is 9.56. The first kappa shape index (κ1) is 12.2. The van der Waals surface area contributed by atoms with E-state index >= 15 is 0 Å². The van der Waals surface area contributed by atoms with Crippen LogP contribution in [0, 0.1) is 23.0 Å². The van der Waals surface area contributed by atoms with Gasteiger partial charge in [-0.15, -0.1) is 0 Å². The summed E-state index contributed by atoms with van der Waals surface area (Å²) in [5.74, 6) is 0.222. The second-order valence-corrected chi connectivity index (χ2v) is 4.16. The maximum Gasteiger partial charge on any atom is 0.290 e. The molecule has 0 aromatic carbocycles. The lowest BCUT2D eigenvalue weighted by atomic mass is 10.2. The topological polar surface area (TPSA) is 91.2 Å². The smallest absolute Gasteiger partial charge is 0.290 e. The summed E-state index contributed by atoms with van der Waals surface area (Å²) in [6.07, 6.45) is 1.26. The third kappa shape index (κ3) is 2.21. The van der Waals surface area contributed by atoms with Crippen molar-refractivity contribution in [2.45, 2.75) is 27.3 Å². The number of rotatable bonds is 3. The van der Waals surface area contributed by atoms with Crippen LogP contribution in [0.25, 0.3) is 0 Å². The Morgan fingerprint density at radius 2 is 2.12 bits per heavy atom. The Labute approximate surface area is 92.8 Å². The molecule has 0 aliphatic carbocycles. The Morgan fingerprint density at radius 1 is 1.56 bits per heavy atom. The first-order valence-electron chi connectivity index (χ1n) is 4.98. The summed E-state index contributed by atoms with van der Waals surface area (Å²) in [6, 6.07) is 0. The Hall–Kier alpha value is -1.85. The van der Waals surface area contributed by atoms with Gasteiger partial charge in [0.2, 0.25) is 0 Å². The molecule has 0 fully saturated rings. The molecule has 0 unspecified atom stereocenters. The van der Waals surface area contributed by atoms with Crippen LogP contribution in [0.3, 0.4) is 0 Å². The minimum absolute atomic E-state index is 0.0464. The highest BCUT2D eigenvalue weighted by molar-refractivity contribution is 5.54. The molecule has 0 aliphatic rings. The van der Waals surface area contributed by atoms with Gasteiger partial charge in [-0.3, -0.25) is 14.9 Å². The Morgan fingerprint density at radius 3 is 2.56 bits per heavy atom. The lowest BCUT2D eigenvalue weighted by Crippen LogP contribution is -2.26. The van der Waals surface area contributed by atoms with Gasteiger partial charge in [-0.05, 0) is 12.8 Å². The van der Waals surface area contributed by atoms with Crippen molar-refractivity contribution in [3.05, 3.63) is 32.2 Å². The number of hydrogen-bond donors (Lipinski definition) is 1. The standard InChI is InChI=1S/C10H15N3O3/c1-6(2)4-12-5-8(13(15)16)7(3)9(11)10(12)14/h5-6H,4,11H2,1-3H3. The number of nitrogens with two attached hydrogens (primary N) is 1. The minimum atomic E-state index is -0.526. The molecule has 0 spiro atoms. The van der Waals surface area contributed by atoms with Crippen LogP contribution in [0.15, 0.2) is 11.0 Å². The molecule has 0 amide bonds. The van der Waals surface area contributed by atoms with Gasteiger partial charge in [0.15, 0.2) is 0 Å². The highest BCUT2D eigenvalue weighted by atomic mass is 16.6. The third-order valence-electron chi connectivity index (χ3n) is 2.32. The van der Waals surface area contributed by atoms with Crippen molar-refractivity contribution in [3.63, 3.8) is 0 Å². The molecule has 0 aliphatic heterocycles. The summed E-state index contributed by atoms with van der Waals surface area (Å²) in [6.45, 7) is 5.75. The van der Waals surface area contributed by atoms with Crippen molar-refractivity contribution in [1.29, 1.82) is 0 Å². The average molecular weight is 225 g/mol. The predicted octanol–water partition coefficient (Wildman–Crippen LogP) is 1.30. The molecule has 1 heterocycles. The van der Waals surface area contributed by atoms with Crippen molar-refractivity contribution in [2.75, 3.05) is 5.73 Å². The number of nitrogens with zero attached hydrogens (tertiary/aromatic N) is 2. The van der Waals surface area contributed by atoms with Crippen LogP contribution in [-0.2, 0) is 6.54 Å². The van der Waals surface area contributed by atoms with Crippen LogP contribution in [0.5, 0.6) is 0 Å². The number of nitrogen functional groups attached to an aromatic ring is 1. The van der Waals surface area contributed by atoms with E-state index < -0.39 is 4.92 Å². The summed E-state index contributed by atoms with van der Waals surface area (Å²) >= 11 is 0. The Bertz CT molecular complexity index is 477. The van der Waals surface area contributed by atoms with Gasteiger partial charge in [0, 0.05) is 6.54 Å². The number of anilines is 1. The second-order valence-electron chi connectivity index (χ2n) is 4.16. The number of pyridine rings is 1. The second kappa shape index (κ2) is 4.34. The van der Waals surface area contributed by atoms with Gasteiger partial charge in [-0.25, -0.2) is 0 Å². The van der Waals surface area contributed by atoms with Gasteiger partial charge >= 0.3 is 0 Å². The lowest BCUT2D eigenvalue weighted by Gasteiger charge is -2.10. The van der Waals surface area contributed by atoms with Gasteiger partial charge < -0.3 is 10.3 Å². The molecule has 1 aromatic heterocycles. The fourth-order valence-corrected chi connectivity index (χ4v) is 1.47. The van der Waals surface area contributed by atoms with Crippen LogP contribution < -0.4 is 11.3 Å². The van der Waals surface area contributed by atoms with Gasteiger partial charge in [0.1, 0.15) is 5.69 Å². The monoisotopic (exact) mass is 225 g/mol. The van der Waals surface area contributed by atoms with Gasteiger partial charge in [0.25, 0.3) is 11.2 Å². The number of nitro groups is 1. The lowest BCUT2D eigenvalue weighted by molar-refractivity contribution is -0.385. The van der Waals surface area contributed by atoms with Crippen molar-refractivity contribution in [1.82, 2.24) is 4.57 Å². The van der Waals surface area contributed by atoms with Gasteiger partial charge in [0.05, 0.1) is 16.7 Å². The normalized spacial score (nSPS) is 10.8. The van der Waals surface area contributed by atoms with E-state index in [4.69, 9.17) is 5.73 Å². The highest BCUT2D eigenvalue weighted by Crippen LogP contribution is 2.19. The van der Waals surface area contributed by atoms with E-state index in [2.05, 4.69) is 0 Å². The highest BCUT2D eigenvalue weighted by Gasteiger charge is 2.18. The molecule has 0 atom stereocenters. The minimum Gasteiger partial charge on any atom is -0.394 e.